The summed E-state index contributed by atoms with van der Waals surface area (Å²) in [4.78, 5) is 2.62. The molecule has 2 rings (SSSR count). The highest BCUT2D eigenvalue weighted by Crippen LogP contribution is 2.25. The molecular weight excluding hydrogens is 224 g/mol. The zero-order valence-corrected chi connectivity index (χ0v) is 12.1. The van der Waals surface area contributed by atoms with Crippen molar-refractivity contribution in [2.45, 2.75) is 51.7 Å². The van der Waals surface area contributed by atoms with Crippen LogP contribution in [0.5, 0.6) is 0 Å². The Balaban J connectivity index is 2.10. The summed E-state index contributed by atoms with van der Waals surface area (Å²) >= 11 is 0. The molecule has 0 saturated carbocycles. The van der Waals surface area contributed by atoms with E-state index in [1.54, 1.807) is 0 Å². The van der Waals surface area contributed by atoms with Crippen LogP contribution in [0.3, 0.4) is 0 Å². The third-order valence-corrected chi connectivity index (χ3v) is 4.36. The van der Waals surface area contributed by atoms with Crippen molar-refractivity contribution >= 4 is 0 Å². The van der Waals surface area contributed by atoms with Crippen LogP contribution in [0.2, 0.25) is 0 Å². The average molecular weight is 250 g/mol. The molecule has 0 aromatic carbocycles. The summed E-state index contributed by atoms with van der Waals surface area (Å²) < 4.78 is 1.89. The fourth-order valence-electron chi connectivity index (χ4n) is 2.68. The summed E-state index contributed by atoms with van der Waals surface area (Å²) in [5.74, 6) is 0. The predicted octanol–water partition coefficient (Wildman–Crippen LogP) is 1.77. The van der Waals surface area contributed by atoms with E-state index in [0.29, 0.717) is 6.04 Å². The van der Waals surface area contributed by atoms with Crippen LogP contribution in [0.1, 0.15) is 39.2 Å². The fourth-order valence-corrected chi connectivity index (χ4v) is 2.68. The largest absolute Gasteiger partial charge is 0.311 e. The molecule has 0 amide bonds. The molecule has 0 radical (unpaired) electrons. The van der Waals surface area contributed by atoms with E-state index in [9.17, 15) is 0 Å². The first-order chi connectivity index (χ1) is 8.57. The normalized spacial score (nSPS) is 29.7. The highest BCUT2D eigenvalue weighted by atomic mass is 15.3. The van der Waals surface area contributed by atoms with Crippen molar-refractivity contribution in [1.29, 1.82) is 0 Å². The summed E-state index contributed by atoms with van der Waals surface area (Å²) in [5, 5.41) is 7.94. The third kappa shape index (κ3) is 2.75. The second-order valence-corrected chi connectivity index (χ2v) is 5.74. The molecule has 1 aliphatic rings. The van der Waals surface area contributed by atoms with Gasteiger partial charge in [0.15, 0.2) is 0 Å². The highest BCUT2D eigenvalue weighted by Gasteiger charge is 2.35. The SMILES string of the molecule is CCC1CN(Cc2cnn(C)c2)C(C)(CC)CN1. The molecule has 2 atom stereocenters. The number of aryl methyl sites for hydroxylation is 1. The molecule has 4 nitrogen and oxygen atoms in total. The van der Waals surface area contributed by atoms with Gasteiger partial charge in [0.1, 0.15) is 0 Å². The lowest BCUT2D eigenvalue weighted by Gasteiger charge is -2.47. The van der Waals surface area contributed by atoms with Crippen molar-refractivity contribution in [3.05, 3.63) is 18.0 Å². The predicted molar refractivity (Wildman–Crippen MR) is 74.4 cm³/mol. The van der Waals surface area contributed by atoms with Gasteiger partial charge >= 0.3 is 0 Å². The summed E-state index contributed by atoms with van der Waals surface area (Å²) in [7, 11) is 1.98. The van der Waals surface area contributed by atoms with Crippen LogP contribution >= 0.6 is 0 Å². The number of nitrogens with zero attached hydrogens (tertiary/aromatic N) is 3. The molecule has 1 aromatic rings. The van der Waals surface area contributed by atoms with Crippen molar-refractivity contribution in [1.82, 2.24) is 20.0 Å². The molecule has 18 heavy (non-hydrogen) atoms. The highest BCUT2D eigenvalue weighted by molar-refractivity contribution is 5.06. The van der Waals surface area contributed by atoms with Crippen molar-refractivity contribution in [2.24, 2.45) is 7.05 Å². The molecule has 1 aromatic heterocycles. The number of rotatable bonds is 4. The van der Waals surface area contributed by atoms with Gasteiger partial charge in [0.25, 0.3) is 0 Å². The Kier molecular flexibility index (Phi) is 4.07. The Morgan fingerprint density at radius 2 is 2.28 bits per heavy atom. The van der Waals surface area contributed by atoms with Gasteiger partial charge in [0.05, 0.1) is 6.20 Å². The van der Waals surface area contributed by atoms with Gasteiger partial charge in [0.2, 0.25) is 0 Å². The monoisotopic (exact) mass is 250 g/mol. The fraction of sp³-hybridized carbons (Fsp3) is 0.786. The standard InChI is InChI=1S/C14H26N4/c1-5-13-10-18(14(3,6-2)11-15-13)9-12-7-16-17(4)8-12/h7-8,13,15H,5-6,9-11H2,1-4H3. The van der Waals surface area contributed by atoms with Crippen LogP contribution in [-0.4, -0.2) is 39.4 Å². The molecule has 1 N–H and O–H groups in total. The molecule has 1 fully saturated rings. The maximum absolute atomic E-state index is 4.27. The van der Waals surface area contributed by atoms with E-state index in [2.05, 4.69) is 42.3 Å². The van der Waals surface area contributed by atoms with Crippen molar-refractivity contribution in [2.75, 3.05) is 13.1 Å². The van der Waals surface area contributed by atoms with E-state index in [4.69, 9.17) is 0 Å². The quantitative estimate of drug-likeness (QED) is 0.884. The molecule has 0 spiro atoms. The van der Waals surface area contributed by atoms with Crippen molar-refractivity contribution < 1.29 is 0 Å². The molecule has 0 bridgehead atoms. The summed E-state index contributed by atoms with van der Waals surface area (Å²) in [5.41, 5.74) is 1.58. The Morgan fingerprint density at radius 3 is 2.83 bits per heavy atom. The van der Waals surface area contributed by atoms with E-state index in [0.717, 1.165) is 19.6 Å². The number of piperazine rings is 1. The molecule has 102 valence electrons. The Bertz CT molecular complexity index is 387. The van der Waals surface area contributed by atoms with Gasteiger partial charge in [-0.2, -0.15) is 5.10 Å². The van der Waals surface area contributed by atoms with E-state index >= 15 is 0 Å². The summed E-state index contributed by atoms with van der Waals surface area (Å²) in [6, 6.07) is 0.626. The smallest absolute Gasteiger partial charge is 0.0534 e. The van der Waals surface area contributed by atoms with Crippen molar-refractivity contribution in [3.8, 4) is 0 Å². The Hall–Kier alpha value is -0.870. The number of hydrogen-bond donors (Lipinski definition) is 1. The lowest BCUT2D eigenvalue weighted by Crippen LogP contribution is -2.62. The first kappa shape index (κ1) is 13.6. The minimum Gasteiger partial charge on any atom is -0.311 e. The number of aromatic nitrogens is 2. The number of nitrogens with one attached hydrogen (secondary N) is 1. The Labute approximate surface area is 110 Å². The maximum Gasteiger partial charge on any atom is 0.0534 e. The lowest BCUT2D eigenvalue weighted by atomic mass is 9.91. The van der Waals surface area contributed by atoms with Gasteiger partial charge in [-0.15, -0.1) is 0 Å². The zero-order chi connectivity index (χ0) is 13.2. The van der Waals surface area contributed by atoms with E-state index in [-0.39, 0.29) is 5.54 Å². The van der Waals surface area contributed by atoms with E-state index < -0.39 is 0 Å². The van der Waals surface area contributed by atoms with Gasteiger partial charge in [-0.05, 0) is 19.8 Å². The average Bonchev–Trinajstić information content (AvgIpc) is 2.78. The van der Waals surface area contributed by atoms with Crippen LogP contribution in [0, 0.1) is 0 Å². The summed E-state index contributed by atoms with van der Waals surface area (Å²) in [6.07, 6.45) is 6.48. The van der Waals surface area contributed by atoms with E-state index in [1.165, 1.54) is 18.4 Å². The zero-order valence-electron chi connectivity index (χ0n) is 12.1. The van der Waals surface area contributed by atoms with Crippen LogP contribution < -0.4 is 5.32 Å². The molecule has 4 heteroatoms. The van der Waals surface area contributed by atoms with E-state index in [1.807, 2.05) is 17.9 Å². The second kappa shape index (κ2) is 5.41. The minimum absolute atomic E-state index is 0.265. The molecule has 2 unspecified atom stereocenters. The third-order valence-electron chi connectivity index (χ3n) is 4.36. The lowest BCUT2D eigenvalue weighted by molar-refractivity contribution is 0.0408. The van der Waals surface area contributed by atoms with Gasteiger partial charge < -0.3 is 5.32 Å². The molecular formula is C14H26N4. The maximum atomic E-state index is 4.27. The van der Waals surface area contributed by atoms with Crippen LogP contribution in [0.4, 0.5) is 0 Å². The van der Waals surface area contributed by atoms with Crippen molar-refractivity contribution in [3.63, 3.8) is 0 Å². The van der Waals surface area contributed by atoms with Crippen LogP contribution in [0.15, 0.2) is 12.4 Å². The first-order valence-corrected chi connectivity index (χ1v) is 7.03. The van der Waals surface area contributed by atoms with Gasteiger partial charge in [-0.25, -0.2) is 0 Å². The topological polar surface area (TPSA) is 33.1 Å². The second-order valence-electron chi connectivity index (χ2n) is 5.74. The first-order valence-electron chi connectivity index (χ1n) is 7.03. The van der Waals surface area contributed by atoms with Crippen LogP contribution in [-0.2, 0) is 13.6 Å². The summed E-state index contributed by atoms with van der Waals surface area (Å²) in [6.45, 7) is 10.1. The van der Waals surface area contributed by atoms with Gasteiger partial charge in [-0.1, -0.05) is 13.8 Å². The molecule has 1 aliphatic heterocycles. The number of hydrogen-bond acceptors (Lipinski definition) is 3. The molecule has 0 aliphatic carbocycles. The Morgan fingerprint density at radius 1 is 1.50 bits per heavy atom. The van der Waals surface area contributed by atoms with Gasteiger partial charge in [0, 0.05) is 50.0 Å². The van der Waals surface area contributed by atoms with Crippen LogP contribution in [0.25, 0.3) is 0 Å². The van der Waals surface area contributed by atoms with Gasteiger partial charge in [-0.3, -0.25) is 9.58 Å². The molecule has 1 saturated heterocycles. The minimum atomic E-state index is 0.265. The molecule has 2 heterocycles.